The minimum absolute atomic E-state index is 0.0177. The highest BCUT2D eigenvalue weighted by atomic mass is 16.5. The van der Waals surface area contributed by atoms with Gasteiger partial charge >= 0.3 is 0 Å². The van der Waals surface area contributed by atoms with E-state index in [4.69, 9.17) is 4.74 Å². The van der Waals surface area contributed by atoms with Gasteiger partial charge in [-0.2, -0.15) is 5.10 Å². The smallest absolute Gasteiger partial charge is 0.246 e. The number of ether oxygens (including phenoxy) is 1. The minimum atomic E-state index is -0.0572. The highest BCUT2D eigenvalue weighted by molar-refractivity contribution is 5.77. The maximum atomic E-state index is 11.7. The predicted molar refractivity (Wildman–Crippen MR) is 70.5 cm³/mol. The summed E-state index contributed by atoms with van der Waals surface area (Å²) in [7, 11) is 0. The molecule has 1 N–H and O–H groups in total. The first-order chi connectivity index (χ1) is 9.24. The summed E-state index contributed by atoms with van der Waals surface area (Å²) in [6, 6.07) is 0.0177. The average Bonchev–Trinajstić information content (AvgIpc) is 2.90. The predicted octanol–water partition coefficient (Wildman–Crippen LogP) is 1.13. The number of nitrogens with zero attached hydrogens (tertiary/aromatic N) is 3. The monoisotopic (exact) mass is 266 g/mol. The molecular weight excluding hydrogens is 244 g/mol. The number of aromatic nitrogens is 3. The van der Waals surface area contributed by atoms with Gasteiger partial charge in [-0.25, -0.2) is 4.98 Å². The summed E-state index contributed by atoms with van der Waals surface area (Å²) >= 11 is 0. The van der Waals surface area contributed by atoms with Crippen LogP contribution in [-0.4, -0.2) is 39.4 Å². The Hall–Kier alpha value is -1.43. The molecule has 0 saturated heterocycles. The normalized spacial score (nSPS) is 18.2. The van der Waals surface area contributed by atoms with E-state index in [1.54, 1.807) is 11.0 Å². The molecule has 1 fully saturated rings. The lowest BCUT2D eigenvalue weighted by Gasteiger charge is -2.22. The molecule has 0 aromatic carbocycles. The molecule has 0 spiro atoms. The maximum absolute atomic E-state index is 11.7. The molecular formula is C13H22N4O2. The van der Waals surface area contributed by atoms with Crippen LogP contribution in [0.15, 0.2) is 12.7 Å². The Bertz CT molecular complexity index is 374. The standard InChI is InChI=1S/C13H22N4O2/c1-11(7-17-10-14-9-15-17)16-13(18)8-19-12-5-3-2-4-6-12/h9-12H,2-8H2,1H3,(H,16,18). The number of amides is 1. The third kappa shape index (κ3) is 4.98. The van der Waals surface area contributed by atoms with E-state index in [0.717, 1.165) is 12.8 Å². The molecule has 0 radical (unpaired) electrons. The van der Waals surface area contributed by atoms with Crippen LogP contribution < -0.4 is 5.32 Å². The molecule has 1 unspecified atom stereocenters. The van der Waals surface area contributed by atoms with E-state index < -0.39 is 0 Å². The Morgan fingerprint density at radius 3 is 2.95 bits per heavy atom. The Balaban J connectivity index is 1.63. The number of hydrogen-bond donors (Lipinski definition) is 1. The zero-order valence-corrected chi connectivity index (χ0v) is 11.4. The highest BCUT2D eigenvalue weighted by Gasteiger charge is 2.16. The molecule has 0 bridgehead atoms. The summed E-state index contributed by atoms with van der Waals surface area (Å²) in [5.74, 6) is -0.0572. The summed E-state index contributed by atoms with van der Waals surface area (Å²) in [4.78, 5) is 15.6. The molecule has 1 aromatic rings. The van der Waals surface area contributed by atoms with E-state index in [-0.39, 0.29) is 24.7 Å². The van der Waals surface area contributed by atoms with Gasteiger partial charge in [0.1, 0.15) is 19.3 Å². The van der Waals surface area contributed by atoms with Crippen molar-refractivity contribution in [1.29, 1.82) is 0 Å². The fourth-order valence-electron chi connectivity index (χ4n) is 2.40. The number of rotatable bonds is 6. The Morgan fingerprint density at radius 2 is 2.26 bits per heavy atom. The zero-order valence-electron chi connectivity index (χ0n) is 11.4. The van der Waals surface area contributed by atoms with Crippen LogP contribution in [0.3, 0.4) is 0 Å². The van der Waals surface area contributed by atoms with E-state index in [0.29, 0.717) is 6.54 Å². The average molecular weight is 266 g/mol. The lowest BCUT2D eigenvalue weighted by molar-refractivity contribution is -0.129. The van der Waals surface area contributed by atoms with Crippen LogP contribution in [0.1, 0.15) is 39.0 Å². The zero-order chi connectivity index (χ0) is 13.5. The van der Waals surface area contributed by atoms with Crippen LogP contribution in [-0.2, 0) is 16.1 Å². The van der Waals surface area contributed by atoms with Crippen molar-refractivity contribution in [1.82, 2.24) is 20.1 Å². The fraction of sp³-hybridized carbons (Fsp3) is 0.769. The summed E-state index contributed by atoms with van der Waals surface area (Å²) in [5, 5.41) is 6.91. The van der Waals surface area contributed by atoms with Crippen LogP contribution in [0.4, 0.5) is 0 Å². The first-order valence-corrected chi connectivity index (χ1v) is 6.97. The SMILES string of the molecule is CC(Cn1cncn1)NC(=O)COC1CCCCC1. The quantitative estimate of drug-likeness (QED) is 0.838. The van der Waals surface area contributed by atoms with Crippen molar-refractivity contribution in [3.8, 4) is 0 Å². The minimum Gasteiger partial charge on any atom is -0.368 e. The molecule has 1 aromatic heterocycles. The van der Waals surface area contributed by atoms with Crippen LogP contribution in [0.2, 0.25) is 0 Å². The fourth-order valence-corrected chi connectivity index (χ4v) is 2.40. The van der Waals surface area contributed by atoms with Crippen molar-refractivity contribution in [3.63, 3.8) is 0 Å². The molecule has 0 aliphatic heterocycles. The topological polar surface area (TPSA) is 69.0 Å². The maximum Gasteiger partial charge on any atom is 0.246 e. The van der Waals surface area contributed by atoms with Gasteiger partial charge in [0.05, 0.1) is 12.6 Å². The van der Waals surface area contributed by atoms with Gasteiger partial charge in [-0.3, -0.25) is 9.48 Å². The van der Waals surface area contributed by atoms with Crippen molar-refractivity contribution in [3.05, 3.63) is 12.7 Å². The van der Waals surface area contributed by atoms with Gasteiger partial charge in [0.25, 0.3) is 0 Å². The molecule has 1 amide bonds. The molecule has 1 saturated carbocycles. The van der Waals surface area contributed by atoms with Crippen molar-refractivity contribution >= 4 is 5.91 Å². The van der Waals surface area contributed by atoms with Gasteiger partial charge in [0, 0.05) is 6.04 Å². The van der Waals surface area contributed by atoms with Gasteiger partial charge < -0.3 is 10.1 Å². The van der Waals surface area contributed by atoms with E-state index >= 15 is 0 Å². The first kappa shape index (κ1) is 14.0. The van der Waals surface area contributed by atoms with Gasteiger partial charge in [0.15, 0.2) is 0 Å². The lowest BCUT2D eigenvalue weighted by atomic mass is 9.98. The molecule has 6 nitrogen and oxygen atoms in total. The van der Waals surface area contributed by atoms with Gasteiger partial charge in [-0.05, 0) is 19.8 Å². The number of nitrogens with one attached hydrogen (secondary N) is 1. The summed E-state index contributed by atoms with van der Waals surface area (Å²) in [6.07, 6.45) is 9.29. The molecule has 19 heavy (non-hydrogen) atoms. The van der Waals surface area contributed by atoms with Gasteiger partial charge in [-0.1, -0.05) is 19.3 Å². The second kappa shape index (κ2) is 7.23. The molecule has 6 heteroatoms. The number of carbonyl (C=O) groups is 1. The molecule has 106 valence electrons. The van der Waals surface area contributed by atoms with Crippen LogP contribution in [0.5, 0.6) is 0 Å². The largest absolute Gasteiger partial charge is 0.368 e. The van der Waals surface area contributed by atoms with Gasteiger partial charge in [-0.15, -0.1) is 0 Å². The second-order valence-corrected chi connectivity index (χ2v) is 5.16. The van der Waals surface area contributed by atoms with E-state index in [9.17, 15) is 4.79 Å². The molecule has 1 aliphatic rings. The number of carbonyl (C=O) groups excluding carboxylic acids is 1. The number of hydrogen-bond acceptors (Lipinski definition) is 4. The lowest BCUT2D eigenvalue weighted by Crippen LogP contribution is -2.38. The van der Waals surface area contributed by atoms with Crippen LogP contribution in [0, 0.1) is 0 Å². The molecule has 1 atom stereocenters. The van der Waals surface area contributed by atoms with Crippen molar-refractivity contribution in [2.75, 3.05) is 6.61 Å². The van der Waals surface area contributed by atoms with E-state index in [2.05, 4.69) is 15.4 Å². The van der Waals surface area contributed by atoms with Crippen LogP contribution in [0.25, 0.3) is 0 Å². The Labute approximate surface area is 113 Å². The second-order valence-electron chi connectivity index (χ2n) is 5.16. The van der Waals surface area contributed by atoms with Crippen molar-refractivity contribution < 1.29 is 9.53 Å². The highest BCUT2D eigenvalue weighted by Crippen LogP contribution is 2.19. The Morgan fingerprint density at radius 1 is 1.47 bits per heavy atom. The van der Waals surface area contributed by atoms with Crippen molar-refractivity contribution in [2.24, 2.45) is 0 Å². The van der Waals surface area contributed by atoms with Gasteiger partial charge in [0.2, 0.25) is 5.91 Å². The first-order valence-electron chi connectivity index (χ1n) is 6.97. The molecule has 1 aliphatic carbocycles. The van der Waals surface area contributed by atoms with E-state index in [1.807, 2.05) is 6.92 Å². The molecule has 1 heterocycles. The summed E-state index contributed by atoms with van der Waals surface area (Å²) in [6.45, 7) is 2.72. The van der Waals surface area contributed by atoms with Crippen LogP contribution >= 0.6 is 0 Å². The van der Waals surface area contributed by atoms with E-state index in [1.165, 1.54) is 25.6 Å². The third-order valence-electron chi connectivity index (χ3n) is 3.34. The Kier molecular flexibility index (Phi) is 5.32. The van der Waals surface area contributed by atoms with Crippen molar-refractivity contribution in [2.45, 2.75) is 57.7 Å². The molecule has 2 rings (SSSR count). The third-order valence-corrected chi connectivity index (χ3v) is 3.34. The summed E-state index contributed by atoms with van der Waals surface area (Å²) < 4.78 is 7.34. The summed E-state index contributed by atoms with van der Waals surface area (Å²) in [5.41, 5.74) is 0.